The summed E-state index contributed by atoms with van der Waals surface area (Å²) in [7, 11) is 0. The molecule has 3 nitrogen and oxygen atoms in total. The predicted octanol–water partition coefficient (Wildman–Crippen LogP) is 3.26. The average Bonchev–Trinajstić information content (AvgIpc) is 2.49. The van der Waals surface area contributed by atoms with E-state index >= 15 is 0 Å². The van der Waals surface area contributed by atoms with Gasteiger partial charge in [-0.3, -0.25) is 4.79 Å². The zero-order chi connectivity index (χ0) is 14.8. The summed E-state index contributed by atoms with van der Waals surface area (Å²) in [5.74, 6) is 1.06. The summed E-state index contributed by atoms with van der Waals surface area (Å²) in [6.07, 6.45) is 0.436. The van der Waals surface area contributed by atoms with Crippen LogP contribution in [0, 0.1) is 6.92 Å². The summed E-state index contributed by atoms with van der Waals surface area (Å²) in [6.45, 7) is 2.78. The van der Waals surface area contributed by atoms with Gasteiger partial charge in [0.1, 0.15) is 0 Å². The molecule has 0 saturated heterocycles. The highest BCUT2D eigenvalue weighted by Crippen LogP contribution is 2.36. The van der Waals surface area contributed by atoms with E-state index in [9.17, 15) is 4.79 Å². The van der Waals surface area contributed by atoms with Crippen LogP contribution in [-0.2, 0) is 11.2 Å². The predicted molar refractivity (Wildman–Crippen MR) is 88.8 cm³/mol. The summed E-state index contributed by atoms with van der Waals surface area (Å²) in [5, 5.41) is 0. The van der Waals surface area contributed by atoms with Crippen LogP contribution in [-0.4, -0.2) is 18.2 Å². The molecule has 1 aliphatic heterocycles. The van der Waals surface area contributed by atoms with E-state index in [1.54, 1.807) is 11.8 Å². The second-order valence-electron chi connectivity index (χ2n) is 5.22. The second kappa shape index (κ2) is 5.82. The SMILES string of the molecule is Cc1ccccc1CC(=O)N1CCSc2ccc(N)cc21. The van der Waals surface area contributed by atoms with Crippen LogP contribution in [0.4, 0.5) is 11.4 Å². The van der Waals surface area contributed by atoms with Crippen molar-refractivity contribution in [3.63, 3.8) is 0 Å². The third kappa shape index (κ3) is 2.90. The Hall–Kier alpha value is -1.94. The third-order valence-electron chi connectivity index (χ3n) is 3.75. The van der Waals surface area contributed by atoms with Crippen molar-refractivity contribution in [1.82, 2.24) is 0 Å². The highest BCUT2D eigenvalue weighted by molar-refractivity contribution is 7.99. The van der Waals surface area contributed by atoms with E-state index in [4.69, 9.17) is 5.73 Å². The van der Waals surface area contributed by atoms with Gasteiger partial charge in [-0.15, -0.1) is 11.8 Å². The van der Waals surface area contributed by atoms with Crippen molar-refractivity contribution in [2.24, 2.45) is 0 Å². The Morgan fingerprint density at radius 3 is 2.90 bits per heavy atom. The highest BCUT2D eigenvalue weighted by atomic mass is 32.2. The van der Waals surface area contributed by atoms with E-state index in [1.165, 1.54) is 0 Å². The number of benzene rings is 2. The smallest absolute Gasteiger partial charge is 0.231 e. The van der Waals surface area contributed by atoms with Crippen molar-refractivity contribution in [3.8, 4) is 0 Å². The molecule has 0 fully saturated rings. The molecule has 0 atom stereocenters. The van der Waals surface area contributed by atoms with Crippen molar-refractivity contribution in [2.75, 3.05) is 22.9 Å². The van der Waals surface area contributed by atoms with Gasteiger partial charge in [0, 0.05) is 22.9 Å². The summed E-state index contributed by atoms with van der Waals surface area (Å²) >= 11 is 1.78. The van der Waals surface area contributed by atoms with Crippen LogP contribution in [0.25, 0.3) is 0 Å². The zero-order valence-corrected chi connectivity index (χ0v) is 12.8. The number of amides is 1. The molecule has 1 amide bonds. The lowest BCUT2D eigenvalue weighted by Crippen LogP contribution is -2.36. The normalized spacial score (nSPS) is 13.9. The van der Waals surface area contributed by atoms with Gasteiger partial charge in [0.25, 0.3) is 0 Å². The Balaban J connectivity index is 1.87. The van der Waals surface area contributed by atoms with Gasteiger partial charge in [-0.1, -0.05) is 24.3 Å². The lowest BCUT2D eigenvalue weighted by atomic mass is 10.1. The molecule has 1 aliphatic rings. The first-order valence-electron chi connectivity index (χ1n) is 7.02. The maximum Gasteiger partial charge on any atom is 0.231 e. The van der Waals surface area contributed by atoms with Crippen LogP contribution in [0.2, 0.25) is 0 Å². The first-order chi connectivity index (χ1) is 10.1. The Morgan fingerprint density at radius 1 is 1.29 bits per heavy atom. The van der Waals surface area contributed by atoms with Gasteiger partial charge in [0.05, 0.1) is 12.1 Å². The number of nitrogens with zero attached hydrogens (tertiary/aromatic N) is 1. The Labute approximate surface area is 129 Å². The second-order valence-corrected chi connectivity index (χ2v) is 6.36. The molecule has 2 aromatic carbocycles. The number of rotatable bonds is 2. The molecule has 0 saturated carbocycles. The number of fused-ring (bicyclic) bond motifs is 1. The van der Waals surface area contributed by atoms with Crippen molar-refractivity contribution >= 4 is 29.0 Å². The van der Waals surface area contributed by atoms with Gasteiger partial charge in [-0.25, -0.2) is 0 Å². The molecular formula is C17H18N2OS. The first kappa shape index (κ1) is 14.0. The van der Waals surface area contributed by atoms with Gasteiger partial charge in [-0.05, 0) is 36.2 Å². The van der Waals surface area contributed by atoms with Gasteiger partial charge in [-0.2, -0.15) is 0 Å². The Morgan fingerprint density at radius 2 is 2.10 bits per heavy atom. The zero-order valence-electron chi connectivity index (χ0n) is 12.0. The molecule has 3 rings (SSSR count). The van der Waals surface area contributed by atoms with E-state index in [1.807, 2.05) is 54.3 Å². The maximum atomic E-state index is 12.7. The summed E-state index contributed by atoms with van der Waals surface area (Å²) in [4.78, 5) is 15.7. The van der Waals surface area contributed by atoms with Crippen molar-refractivity contribution < 1.29 is 4.79 Å². The Kier molecular flexibility index (Phi) is 3.88. The molecule has 0 spiro atoms. The van der Waals surface area contributed by atoms with E-state index in [-0.39, 0.29) is 5.91 Å². The van der Waals surface area contributed by atoms with Crippen LogP contribution >= 0.6 is 11.8 Å². The maximum absolute atomic E-state index is 12.7. The standard InChI is InChI=1S/C17H18N2OS/c1-12-4-2-3-5-13(12)10-17(20)19-8-9-21-16-7-6-14(18)11-15(16)19/h2-7,11H,8-10,18H2,1H3. The first-order valence-corrected chi connectivity index (χ1v) is 8.01. The number of carbonyl (C=O) groups is 1. The number of carbonyl (C=O) groups excluding carboxylic acids is 1. The van der Waals surface area contributed by atoms with Crippen molar-refractivity contribution in [3.05, 3.63) is 53.6 Å². The van der Waals surface area contributed by atoms with Crippen molar-refractivity contribution in [1.29, 1.82) is 0 Å². The van der Waals surface area contributed by atoms with Crippen LogP contribution in [0.1, 0.15) is 11.1 Å². The summed E-state index contributed by atoms with van der Waals surface area (Å²) in [5.41, 5.74) is 9.77. The van der Waals surface area contributed by atoms with Crippen LogP contribution in [0.3, 0.4) is 0 Å². The third-order valence-corrected chi connectivity index (χ3v) is 4.79. The van der Waals surface area contributed by atoms with Gasteiger partial charge >= 0.3 is 0 Å². The van der Waals surface area contributed by atoms with E-state index < -0.39 is 0 Å². The van der Waals surface area contributed by atoms with Gasteiger partial charge < -0.3 is 10.6 Å². The van der Waals surface area contributed by atoms with E-state index in [0.29, 0.717) is 12.1 Å². The van der Waals surface area contributed by atoms with Crippen LogP contribution < -0.4 is 10.6 Å². The number of thioether (sulfide) groups is 1. The lowest BCUT2D eigenvalue weighted by molar-refractivity contribution is -0.118. The monoisotopic (exact) mass is 298 g/mol. The molecule has 4 heteroatoms. The van der Waals surface area contributed by atoms with Crippen molar-refractivity contribution in [2.45, 2.75) is 18.2 Å². The minimum Gasteiger partial charge on any atom is -0.399 e. The van der Waals surface area contributed by atoms with Crippen LogP contribution in [0.5, 0.6) is 0 Å². The topological polar surface area (TPSA) is 46.3 Å². The average molecular weight is 298 g/mol. The summed E-state index contributed by atoms with van der Waals surface area (Å²) < 4.78 is 0. The molecule has 108 valence electrons. The molecule has 0 aliphatic carbocycles. The number of hydrogen-bond donors (Lipinski definition) is 1. The molecule has 0 unspecified atom stereocenters. The molecule has 2 aromatic rings. The molecule has 0 radical (unpaired) electrons. The minimum atomic E-state index is 0.136. The number of hydrogen-bond acceptors (Lipinski definition) is 3. The fourth-order valence-corrected chi connectivity index (χ4v) is 3.54. The molecule has 2 N–H and O–H groups in total. The minimum absolute atomic E-state index is 0.136. The van der Waals surface area contributed by atoms with E-state index in [2.05, 4.69) is 0 Å². The number of aryl methyl sites for hydroxylation is 1. The highest BCUT2D eigenvalue weighted by Gasteiger charge is 2.23. The molecule has 0 aromatic heterocycles. The fraction of sp³-hybridized carbons (Fsp3) is 0.235. The van der Waals surface area contributed by atoms with Gasteiger partial charge in [0.2, 0.25) is 5.91 Å². The number of nitrogen functional groups attached to an aromatic ring is 1. The van der Waals surface area contributed by atoms with Crippen LogP contribution in [0.15, 0.2) is 47.4 Å². The quantitative estimate of drug-likeness (QED) is 0.866. The Bertz CT molecular complexity index is 684. The number of nitrogens with two attached hydrogens (primary N) is 1. The summed E-state index contributed by atoms with van der Waals surface area (Å²) in [6, 6.07) is 13.8. The molecule has 0 bridgehead atoms. The lowest BCUT2D eigenvalue weighted by Gasteiger charge is -2.29. The molecule has 1 heterocycles. The largest absolute Gasteiger partial charge is 0.399 e. The van der Waals surface area contributed by atoms with Gasteiger partial charge in [0.15, 0.2) is 0 Å². The molecule has 21 heavy (non-hydrogen) atoms. The van der Waals surface area contributed by atoms with E-state index in [0.717, 1.165) is 34.0 Å². The number of anilines is 2. The fourth-order valence-electron chi connectivity index (χ4n) is 2.56. The molecular weight excluding hydrogens is 280 g/mol.